The first-order valence-corrected chi connectivity index (χ1v) is 4.65. The monoisotopic (exact) mass is 215 g/mol. The van der Waals surface area contributed by atoms with E-state index in [9.17, 15) is 9.59 Å². The van der Waals surface area contributed by atoms with Crippen molar-refractivity contribution in [2.75, 3.05) is 0 Å². The number of carbonyl (C=O) groups excluding carboxylic acids is 1. The summed E-state index contributed by atoms with van der Waals surface area (Å²) in [6.07, 6.45) is 0.295. The molecule has 14 heavy (non-hydrogen) atoms. The first kappa shape index (κ1) is 10.6. The maximum atomic E-state index is 11.3. The van der Waals surface area contributed by atoms with E-state index in [0.29, 0.717) is 0 Å². The highest BCUT2D eigenvalue weighted by Crippen LogP contribution is 2.03. The Hall–Kier alpha value is -1.47. The van der Waals surface area contributed by atoms with Crippen LogP contribution in [0.1, 0.15) is 16.2 Å². The van der Waals surface area contributed by atoms with E-state index in [2.05, 4.69) is 10.3 Å². The van der Waals surface area contributed by atoms with Gasteiger partial charge in [-0.15, -0.1) is 11.3 Å². The van der Waals surface area contributed by atoms with E-state index in [1.807, 2.05) is 0 Å². The molecule has 0 saturated heterocycles. The Morgan fingerprint density at radius 1 is 1.71 bits per heavy atom. The van der Waals surface area contributed by atoms with Crippen molar-refractivity contribution in [2.24, 2.45) is 5.73 Å². The number of carboxylic acid groups (broad SMARTS) is 1. The molecule has 0 aliphatic carbocycles. The topological polar surface area (TPSA) is 105 Å². The summed E-state index contributed by atoms with van der Waals surface area (Å²) < 4.78 is 0. The number of carbonyl (C=O) groups is 2. The first-order valence-electron chi connectivity index (χ1n) is 3.77. The van der Waals surface area contributed by atoms with Gasteiger partial charge >= 0.3 is 5.97 Å². The number of hydrogen-bond donors (Lipinski definition) is 3. The van der Waals surface area contributed by atoms with Crippen LogP contribution in [0.25, 0.3) is 0 Å². The molecule has 6 nitrogen and oxygen atoms in total. The van der Waals surface area contributed by atoms with Crippen LogP contribution >= 0.6 is 11.3 Å². The van der Waals surface area contributed by atoms with Crippen LogP contribution < -0.4 is 11.1 Å². The van der Waals surface area contributed by atoms with Crippen LogP contribution in [-0.2, 0) is 4.79 Å². The Morgan fingerprint density at radius 2 is 2.43 bits per heavy atom. The number of aromatic nitrogens is 1. The van der Waals surface area contributed by atoms with E-state index in [4.69, 9.17) is 10.8 Å². The summed E-state index contributed by atoms with van der Waals surface area (Å²) in [7, 11) is 0. The normalized spacial score (nSPS) is 12.1. The highest BCUT2D eigenvalue weighted by molar-refractivity contribution is 7.11. The average molecular weight is 215 g/mol. The number of nitrogens with zero attached hydrogens (tertiary/aromatic N) is 1. The minimum atomic E-state index is -1.06. The van der Waals surface area contributed by atoms with Gasteiger partial charge in [0.1, 0.15) is 0 Å². The highest BCUT2D eigenvalue weighted by atomic mass is 32.1. The van der Waals surface area contributed by atoms with E-state index < -0.39 is 18.0 Å². The lowest BCUT2D eigenvalue weighted by Gasteiger charge is -2.09. The van der Waals surface area contributed by atoms with Gasteiger partial charge in [0, 0.05) is 11.6 Å². The molecule has 0 radical (unpaired) electrons. The van der Waals surface area contributed by atoms with Gasteiger partial charge in [-0.25, -0.2) is 4.98 Å². The molecule has 0 bridgehead atoms. The molecule has 0 aliphatic heterocycles. The Kier molecular flexibility index (Phi) is 3.55. The van der Waals surface area contributed by atoms with Gasteiger partial charge in [-0.05, 0) is 0 Å². The molecule has 1 amide bonds. The van der Waals surface area contributed by atoms with Crippen molar-refractivity contribution in [3.05, 3.63) is 16.6 Å². The third kappa shape index (κ3) is 3.11. The Morgan fingerprint density at radius 3 is 2.93 bits per heavy atom. The van der Waals surface area contributed by atoms with Gasteiger partial charge in [0.15, 0.2) is 5.01 Å². The number of nitrogens with two attached hydrogens (primary N) is 1. The molecular formula is C7H9N3O3S. The second kappa shape index (κ2) is 4.68. The molecule has 1 rings (SSSR count). The summed E-state index contributed by atoms with van der Waals surface area (Å²) in [5.41, 5.74) is 5.35. The number of amides is 1. The molecule has 1 unspecified atom stereocenters. The van der Waals surface area contributed by atoms with Crippen molar-refractivity contribution >= 4 is 23.2 Å². The Balaban J connectivity index is 2.45. The third-order valence-corrected chi connectivity index (χ3v) is 2.11. The predicted molar refractivity (Wildman–Crippen MR) is 49.8 cm³/mol. The first-order chi connectivity index (χ1) is 6.59. The minimum absolute atomic E-state index is 0.269. The fourth-order valence-corrected chi connectivity index (χ4v) is 1.34. The standard InChI is InChI=1S/C7H9N3O3S/c8-4(3-5(11)12)10-6(13)7-9-1-2-14-7/h1-2,4H,3,8H2,(H,10,13)(H,11,12). The zero-order chi connectivity index (χ0) is 10.6. The number of rotatable bonds is 4. The summed E-state index contributed by atoms with van der Waals surface area (Å²) >= 11 is 1.17. The maximum absolute atomic E-state index is 11.3. The van der Waals surface area contributed by atoms with Crippen LogP contribution in [0.5, 0.6) is 0 Å². The van der Waals surface area contributed by atoms with Crippen LogP contribution in [0.2, 0.25) is 0 Å². The van der Waals surface area contributed by atoms with Crippen LogP contribution in [0.4, 0.5) is 0 Å². The van der Waals surface area contributed by atoms with E-state index in [0.717, 1.165) is 0 Å². The van der Waals surface area contributed by atoms with Gasteiger partial charge in [0.05, 0.1) is 12.6 Å². The molecule has 0 saturated carbocycles. The lowest BCUT2D eigenvalue weighted by atomic mass is 10.3. The van der Waals surface area contributed by atoms with E-state index in [1.54, 1.807) is 5.38 Å². The molecule has 0 aromatic carbocycles. The fourth-order valence-electron chi connectivity index (χ4n) is 0.805. The second-order valence-corrected chi connectivity index (χ2v) is 3.41. The van der Waals surface area contributed by atoms with E-state index >= 15 is 0 Å². The summed E-state index contributed by atoms with van der Waals surface area (Å²) in [6.45, 7) is 0. The average Bonchev–Trinajstić information content (AvgIpc) is 2.53. The SMILES string of the molecule is NC(CC(=O)O)NC(=O)c1nccs1. The molecule has 0 fully saturated rings. The van der Waals surface area contributed by atoms with Gasteiger partial charge in [-0.2, -0.15) is 0 Å². The molecule has 0 spiro atoms. The van der Waals surface area contributed by atoms with E-state index in [1.165, 1.54) is 17.5 Å². The molecule has 1 heterocycles. The van der Waals surface area contributed by atoms with Crippen LogP contribution in [0.3, 0.4) is 0 Å². The molecule has 4 N–H and O–H groups in total. The van der Waals surface area contributed by atoms with E-state index in [-0.39, 0.29) is 11.4 Å². The Labute approximate surface area is 83.8 Å². The predicted octanol–water partition coefficient (Wildman–Crippen LogP) is -0.368. The number of thiazole rings is 1. The molecule has 76 valence electrons. The van der Waals surface area contributed by atoms with Gasteiger partial charge in [0.25, 0.3) is 5.91 Å². The van der Waals surface area contributed by atoms with Crippen molar-refractivity contribution in [3.63, 3.8) is 0 Å². The van der Waals surface area contributed by atoms with Crippen molar-refractivity contribution < 1.29 is 14.7 Å². The van der Waals surface area contributed by atoms with Gasteiger partial charge < -0.3 is 16.2 Å². The molecule has 0 aliphatic rings. The lowest BCUT2D eigenvalue weighted by Crippen LogP contribution is -2.42. The molecular weight excluding hydrogens is 206 g/mol. The van der Waals surface area contributed by atoms with Crippen LogP contribution in [0.15, 0.2) is 11.6 Å². The number of carboxylic acids is 1. The summed E-state index contributed by atoms with van der Waals surface area (Å²) in [6, 6.07) is 0. The third-order valence-electron chi connectivity index (χ3n) is 1.34. The Bertz CT molecular complexity index is 325. The van der Waals surface area contributed by atoms with Gasteiger partial charge in [-0.1, -0.05) is 0 Å². The fraction of sp³-hybridized carbons (Fsp3) is 0.286. The maximum Gasteiger partial charge on any atom is 0.306 e. The summed E-state index contributed by atoms with van der Waals surface area (Å²) in [5.74, 6) is -1.51. The lowest BCUT2D eigenvalue weighted by molar-refractivity contribution is -0.137. The second-order valence-electron chi connectivity index (χ2n) is 2.52. The molecule has 7 heteroatoms. The molecule has 1 aromatic rings. The summed E-state index contributed by atoms with van der Waals surface area (Å²) in [5, 5.41) is 12.6. The van der Waals surface area contributed by atoms with Crippen molar-refractivity contribution in [1.29, 1.82) is 0 Å². The highest BCUT2D eigenvalue weighted by Gasteiger charge is 2.14. The minimum Gasteiger partial charge on any atom is -0.481 e. The number of hydrogen-bond acceptors (Lipinski definition) is 5. The van der Waals surface area contributed by atoms with Gasteiger partial charge in [0.2, 0.25) is 0 Å². The van der Waals surface area contributed by atoms with Gasteiger partial charge in [-0.3, -0.25) is 9.59 Å². The number of nitrogens with one attached hydrogen (secondary N) is 1. The van der Waals surface area contributed by atoms with Crippen LogP contribution in [-0.4, -0.2) is 28.1 Å². The quantitative estimate of drug-likeness (QED) is 0.594. The van der Waals surface area contributed by atoms with Crippen molar-refractivity contribution in [1.82, 2.24) is 10.3 Å². The zero-order valence-corrected chi connectivity index (χ0v) is 7.95. The summed E-state index contributed by atoms with van der Waals surface area (Å²) in [4.78, 5) is 25.2. The largest absolute Gasteiger partial charge is 0.481 e. The smallest absolute Gasteiger partial charge is 0.306 e. The van der Waals surface area contributed by atoms with Crippen molar-refractivity contribution in [3.8, 4) is 0 Å². The van der Waals surface area contributed by atoms with Crippen LogP contribution in [0, 0.1) is 0 Å². The molecule has 1 aromatic heterocycles. The van der Waals surface area contributed by atoms with Crippen molar-refractivity contribution in [2.45, 2.75) is 12.6 Å². The molecule has 1 atom stereocenters. The number of aliphatic carboxylic acids is 1. The zero-order valence-electron chi connectivity index (χ0n) is 7.14.